The summed E-state index contributed by atoms with van der Waals surface area (Å²) in [6, 6.07) is 10.8. The van der Waals surface area contributed by atoms with Gasteiger partial charge in [0.1, 0.15) is 0 Å². The first-order valence-electron chi connectivity index (χ1n) is 8.19. The third-order valence-electron chi connectivity index (χ3n) is 3.96. The molecule has 0 radical (unpaired) electrons. The molecule has 0 aliphatic carbocycles. The maximum atomic E-state index is 12.7. The molecule has 0 unspecified atom stereocenters. The number of nitrogens with zero attached hydrogens (tertiary/aromatic N) is 3. The molecule has 0 atom stereocenters. The van der Waals surface area contributed by atoms with E-state index in [2.05, 4.69) is 15.4 Å². The molecule has 1 aromatic carbocycles. The number of aromatic nitrogens is 3. The minimum atomic E-state index is -0.240. The van der Waals surface area contributed by atoms with Crippen molar-refractivity contribution in [2.75, 3.05) is 19.5 Å². The summed E-state index contributed by atoms with van der Waals surface area (Å²) in [6.45, 7) is 1.98. The molecular formula is C19H20N4O3. The molecule has 3 rings (SSSR count). The van der Waals surface area contributed by atoms with Crippen LogP contribution in [-0.4, -0.2) is 34.9 Å². The minimum Gasteiger partial charge on any atom is -0.493 e. The van der Waals surface area contributed by atoms with Gasteiger partial charge in [0.2, 0.25) is 0 Å². The third kappa shape index (κ3) is 3.37. The zero-order valence-corrected chi connectivity index (χ0v) is 14.9. The molecule has 2 aromatic heterocycles. The lowest BCUT2D eigenvalue weighted by atomic mass is 10.2. The van der Waals surface area contributed by atoms with Crippen LogP contribution < -0.4 is 14.8 Å². The number of rotatable bonds is 6. The molecule has 0 aliphatic heterocycles. The molecule has 0 saturated carbocycles. The van der Waals surface area contributed by atoms with Crippen molar-refractivity contribution >= 4 is 11.6 Å². The van der Waals surface area contributed by atoms with Gasteiger partial charge in [-0.3, -0.25) is 4.79 Å². The maximum Gasteiger partial charge on any atom is 0.259 e. The molecule has 0 saturated heterocycles. The Labute approximate surface area is 151 Å². The highest BCUT2D eigenvalue weighted by atomic mass is 16.5. The van der Waals surface area contributed by atoms with Crippen molar-refractivity contribution in [2.24, 2.45) is 0 Å². The van der Waals surface area contributed by atoms with Gasteiger partial charge >= 0.3 is 0 Å². The first kappa shape index (κ1) is 17.5. The molecule has 1 N–H and O–H groups in total. The van der Waals surface area contributed by atoms with Crippen LogP contribution in [-0.2, 0) is 6.42 Å². The Kier molecular flexibility index (Phi) is 5.17. The summed E-state index contributed by atoms with van der Waals surface area (Å²) in [5.41, 5.74) is 1.91. The second-order valence-corrected chi connectivity index (χ2v) is 5.48. The van der Waals surface area contributed by atoms with E-state index in [1.54, 1.807) is 49.5 Å². The summed E-state index contributed by atoms with van der Waals surface area (Å²) < 4.78 is 12.2. The van der Waals surface area contributed by atoms with Gasteiger partial charge in [0, 0.05) is 18.0 Å². The van der Waals surface area contributed by atoms with Crippen LogP contribution in [0.5, 0.6) is 11.5 Å². The fraction of sp³-hybridized carbons (Fsp3) is 0.211. The molecule has 134 valence electrons. The molecule has 26 heavy (non-hydrogen) atoms. The average Bonchev–Trinajstić information content (AvgIpc) is 3.12. The van der Waals surface area contributed by atoms with E-state index in [1.165, 1.54) is 0 Å². The van der Waals surface area contributed by atoms with E-state index in [0.29, 0.717) is 35.0 Å². The highest BCUT2D eigenvalue weighted by molar-refractivity contribution is 6.05. The summed E-state index contributed by atoms with van der Waals surface area (Å²) in [5.74, 6) is 1.58. The molecule has 1 amide bonds. The van der Waals surface area contributed by atoms with Crippen LogP contribution >= 0.6 is 0 Å². The van der Waals surface area contributed by atoms with Crippen molar-refractivity contribution in [1.82, 2.24) is 14.8 Å². The number of nitrogens with one attached hydrogen (secondary N) is 1. The van der Waals surface area contributed by atoms with Gasteiger partial charge in [0.05, 0.1) is 31.7 Å². The van der Waals surface area contributed by atoms with Gasteiger partial charge in [0.25, 0.3) is 5.91 Å². The van der Waals surface area contributed by atoms with E-state index in [4.69, 9.17) is 9.47 Å². The van der Waals surface area contributed by atoms with Gasteiger partial charge in [-0.25, -0.2) is 9.67 Å². The molecule has 3 aromatic rings. The number of hydrogen-bond donors (Lipinski definition) is 1. The van der Waals surface area contributed by atoms with Gasteiger partial charge in [-0.1, -0.05) is 13.0 Å². The number of hydrogen-bond acceptors (Lipinski definition) is 5. The minimum absolute atomic E-state index is 0.240. The second kappa shape index (κ2) is 7.69. The highest BCUT2D eigenvalue weighted by Gasteiger charge is 2.18. The Morgan fingerprint density at radius 1 is 1.15 bits per heavy atom. The van der Waals surface area contributed by atoms with Crippen molar-refractivity contribution in [1.29, 1.82) is 0 Å². The molecule has 7 heteroatoms. The van der Waals surface area contributed by atoms with Gasteiger partial charge in [-0.2, -0.15) is 5.10 Å². The summed E-state index contributed by atoms with van der Waals surface area (Å²) in [4.78, 5) is 17.0. The fourth-order valence-corrected chi connectivity index (χ4v) is 2.69. The van der Waals surface area contributed by atoms with Gasteiger partial charge < -0.3 is 14.8 Å². The Morgan fingerprint density at radius 2 is 1.96 bits per heavy atom. The fourth-order valence-electron chi connectivity index (χ4n) is 2.69. The molecule has 0 fully saturated rings. The number of methoxy groups -OCH3 is 2. The smallest absolute Gasteiger partial charge is 0.259 e. The molecule has 7 nitrogen and oxygen atoms in total. The number of carbonyl (C=O) groups excluding carboxylic acids is 1. The number of amides is 1. The summed E-state index contributed by atoms with van der Waals surface area (Å²) in [7, 11) is 3.12. The molecular weight excluding hydrogens is 332 g/mol. The van der Waals surface area contributed by atoms with Crippen LogP contribution in [0.15, 0.2) is 48.8 Å². The van der Waals surface area contributed by atoms with Gasteiger partial charge in [0.15, 0.2) is 17.3 Å². The lowest BCUT2D eigenvalue weighted by Crippen LogP contribution is -2.14. The van der Waals surface area contributed by atoms with Crippen LogP contribution in [0.2, 0.25) is 0 Å². The quantitative estimate of drug-likeness (QED) is 0.737. The lowest BCUT2D eigenvalue weighted by molar-refractivity contribution is 0.102. The third-order valence-corrected chi connectivity index (χ3v) is 3.96. The molecule has 2 heterocycles. The van der Waals surface area contributed by atoms with E-state index in [-0.39, 0.29) is 5.91 Å². The molecule has 0 spiro atoms. The van der Waals surface area contributed by atoms with E-state index in [9.17, 15) is 4.79 Å². The Balaban J connectivity index is 1.88. The van der Waals surface area contributed by atoms with Crippen molar-refractivity contribution in [3.8, 4) is 17.3 Å². The number of benzene rings is 1. The topological polar surface area (TPSA) is 78.3 Å². The first-order valence-corrected chi connectivity index (χ1v) is 8.19. The Bertz CT molecular complexity index is 906. The maximum absolute atomic E-state index is 12.7. The van der Waals surface area contributed by atoms with E-state index in [1.807, 2.05) is 25.1 Å². The van der Waals surface area contributed by atoms with Crippen molar-refractivity contribution in [2.45, 2.75) is 13.3 Å². The Hall–Kier alpha value is -3.35. The SMILES string of the molecule is CCc1c(C(=O)Nc2ccc(OC)c(OC)c2)cnn1-c1ccccn1. The van der Waals surface area contributed by atoms with Crippen molar-refractivity contribution in [3.63, 3.8) is 0 Å². The monoisotopic (exact) mass is 352 g/mol. The highest BCUT2D eigenvalue weighted by Crippen LogP contribution is 2.30. The predicted molar refractivity (Wildman–Crippen MR) is 98.2 cm³/mol. The molecule has 0 aliphatic rings. The Morgan fingerprint density at radius 3 is 2.62 bits per heavy atom. The molecule has 0 bridgehead atoms. The summed E-state index contributed by atoms with van der Waals surface area (Å²) >= 11 is 0. The number of anilines is 1. The summed E-state index contributed by atoms with van der Waals surface area (Å²) in [5, 5.41) is 7.21. The van der Waals surface area contributed by atoms with E-state index >= 15 is 0 Å². The van der Waals surface area contributed by atoms with Crippen LogP contribution in [0.25, 0.3) is 5.82 Å². The number of pyridine rings is 1. The van der Waals surface area contributed by atoms with E-state index in [0.717, 1.165) is 5.69 Å². The van der Waals surface area contributed by atoms with Gasteiger partial charge in [-0.15, -0.1) is 0 Å². The van der Waals surface area contributed by atoms with Crippen LogP contribution in [0, 0.1) is 0 Å². The zero-order chi connectivity index (χ0) is 18.5. The standard InChI is InChI=1S/C19H20N4O3/c1-4-15-14(12-21-23(15)18-7-5-6-10-20-18)19(24)22-13-8-9-16(25-2)17(11-13)26-3/h5-12H,4H2,1-3H3,(H,22,24). The predicted octanol–water partition coefficient (Wildman–Crippen LogP) is 3.10. The first-order chi connectivity index (χ1) is 12.7. The van der Waals surface area contributed by atoms with Gasteiger partial charge in [-0.05, 0) is 30.7 Å². The van der Waals surface area contributed by atoms with Crippen molar-refractivity contribution in [3.05, 3.63) is 60.0 Å². The van der Waals surface area contributed by atoms with E-state index < -0.39 is 0 Å². The lowest BCUT2D eigenvalue weighted by Gasteiger charge is -2.11. The second-order valence-electron chi connectivity index (χ2n) is 5.48. The van der Waals surface area contributed by atoms with Crippen LogP contribution in [0.3, 0.4) is 0 Å². The number of ether oxygens (including phenoxy) is 2. The number of carbonyl (C=O) groups is 1. The largest absolute Gasteiger partial charge is 0.493 e. The summed E-state index contributed by atoms with van der Waals surface area (Å²) in [6.07, 6.45) is 3.90. The normalized spacial score (nSPS) is 10.4. The van der Waals surface area contributed by atoms with Crippen molar-refractivity contribution < 1.29 is 14.3 Å². The van der Waals surface area contributed by atoms with Crippen LogP contribution in [0.4, 0.5) is 5.69 Å². The average molecular weight is 352 g/mol. The van der Waals surface area contributed by atoms with Crippen LogP contribution in [0.1, 0.15) is 23.0 Å². The zero-order valence-electron chi connectivity index (χ0n) is 14.9.